The van der Waals surface area contributed by atoms with Gasteiger partial charge in [0, 0.05) is 24.2 Å². The molecule has 1 aromatic heterocycles. The van der Waals surface area contributed by atoms with Gasteiger partial charge in [0.15, 0.2) is 0 Å². The van der Waals surface area contributed by atoms with Gasteiger partial charge >= 0.3 is 0 Å². The number of phenols is 1. The fourth-order valence-corrected chi connectivity index (χ4v) is 2.34. The fraction of sp³-hybridized carbons (Fsp3) is 0.0556. The molecule has 0 unspecified atom stereocenters. The van der Waals surface area contributed by atoms with Crippen molar-refractivity contribution in [2.24, 2.45) is 0 Å². The van der Waals surface area contributed by atoms with Crippen LogP contribution in [-0.4, -0.2) is 10.1 Å². The highest BCUT2D eigenvalue weighted by Crippen LogP contribution is 2.31. The van der Waals surface area contributed by atoms with Gasteiger partial charge in [-0.25, -0.2) is 8.78 Å². The topological polar surface area (TPSA) is 33.1 Å². The highest BCUT2D eigenvalue weighted by molar-refractivity contribution is 5.67. The number of phenolic OH excluding ortho intramolecular Hbond substituents is 1. The average molecular weight is 297 g/mol. The zero-order valence-corrected chi connectivity index (χ0v) is 11.6. The van der Waals surface area contributed by atoms with Gasteiger partial charge in [-0.1, -0.05) is 36.4 Å². The summed E-state index contributed by atoms with van der Waals surface area (Å²) in [5.41, 5.74) is 2.02. The number of aromatic nitrogens is 1. The van der Waals surface area contributed by atoms with E-state index >= 15 is 0 Å². The smallest absolute Gasteiger partial charge is 0.139 e. The van der Waals surface area contributed by atoms with Gasteiger partial charge < -0.3 is 5.11 Å². The van der Waals surface area contributed by atoms with E-state index in [9.17, 15) is 13.9 Å². The highest BCUT2D eigenvalue weighted by Gasteiger charge is 2.14. The Bertz CT molecular complexity index is 780. The third-order valence-corrected chi connectivity index (χ3v) is 3.33. The summed E-state index contributed by atoms with van der Waals surface area (Å²) in [4.78, 5) is 4.37. The molecule has 0 amide bonds. The van der Waals surface area contributed by atoms with Crippen molar-refractivity contribution >= 4 is 0 Å². The Balaban J connectivity index is 1.98. The van der Waals surface area contributed by atoms with Gasteiger partial charge in [-0.2, -0.15) is 0 Å². The van der Waals surface area contributed by atoms with Gasteiger partial charge in [-0.15, -0.1) is 0 Å². The van der Waals surface area contributed by atoms with Crippen LogP contribution in [0.2, 0.25) is 0 Å². The minimum atomic E-state index is -0.832. The van der Waals surface area contributed by atoms with Crippen molar-refractivity contribution in [2.45, 2.75) is 6.42 Å². The first kappa shape index (κ1) is 14.2. The third-order valence-electron chi connectivity index (χ3n) is 3.33. The van der Waals surface area contributed by atoms with Crippen molar-refractivity contribution in [2.75, 3.05) is 0 Å². The van der Waals surface area contributed by atoms with E-state index in [0.29, 0.717) is 6.42 Å². The van der Waals surface area contributed by atoms with Crippen molar-refractivity contribution in [3.05, 3.63) is 83.6 Å². The Morgan fingerprint density at radius 1 is 0.909 bits per heavy atom. The second kappa shape index (κ2) is 5.93. The van der Waals surface area contributed by atoms with E-state index in [0.717, 1.165) is 23.4 Å². The number of pyridine rings is 1. The molecule has 0 bridgehead atoms. The molecule has 0 aliphatic rings. The average Bonchev–Trinajstić information content (AvgIpc) is 2.47. The molecule has 0 saturated heterocycles. The molecule has 0 radical (unpaired) electrons. The molecule has 0 aliphatic heterocycles. The lowest BCUT2D eigenvalue weighted by Gasteiger charge is -2.08. The van der Waals surface area contributed by atoms with Gasteiger partial charge in [-0.3, -0.25) is 4.98 Å². The Morgan fingerprint density at radius 2 is 1.68 bits per heavy atom. The van der Waals surface area contributed by atoms with E-state index < -0.39 is 17.4 Å². The minimum Gasteiger partial charge on any atom is -0.507 e. The zero-order valence-electron chi connectivity index (χ0n) is 11.6. The van der Waals surface area contributed by atoms with E-state index in [2.05, 4.69) is 4.98 Å². The maximum atomic E-state index is 13.9. The monoisotopic (exact) mass is 297 g/mol. The van der Waals surface area contributed by atoms with Crippen LogP contribution in [0.15, 0.2) is 60.7 Å². The number of aromatic hydroxyl groups is 1. The maximum Gasteiger partial charge on any atom is 0.139 e. The number of hydrogen-bond donors (Lipinski definition) is 1. The molecule has 4 heteroatoms. The summed E-state index contributed by atoms with van der Waals surface area (Å²) in [6.07, 6.45) is 0.595. The highest BCUT2D eigenvalue weighted by atomic mass is 19.1. The maximum absolute atomic E-state index is 13.9. The molecule has 0 spiro atoms. The minimum absolute atomic E-state index is 0.0867. The predicted octanol–water partition coefficient (Wildman–Crippen LogP) is 4.32. The second-order valence-electron chi connectivity index (χ2n) is 4.96. The number of nitrogens with zero attached hydrogens (tertiary/aromatic N) is 1. The van der Waals surface area contributed by atoms with Crippen LogP contribution in [0, 0.1) is 11.6 Å². The summed E-state index contributed by atoms with van der Waals surface area (Å²) >= 11 is 0. The van der Waals surface area contributed by atoms with E-state index in [1.807, 2.05) is 36.4 Å². The molecule has 0 atom stereocenters. The third kappa shape index (κ3) is 2.96. The number of benzene rings is 2. The van der Waals surface area contributed by atoms with E-state index in [1.54, 1.807) is 12.1 Å². The molecule has 3 aromatic rings. The van der Waals surface area contributed by atoms with Crippen LogP contribution >= 0.6 is 0 Å². The lowest BCUT2D eigenvalue weighted by atomic mass is 10.1. The van der Waals surface area contributed by atoms with E-state index in [-0.39, 0.29) is 11.3 Å². The molecule has 1 heterocycles. The van der Waals surface area contributed by atoms with Gasteiger partial charge in [0.1, 0.15) is 17.4 Å². The van der Waals surface area contributed by atoms with E-state index in [4.69, 9.17) is 0 Å². The molecular formula is C18H13F2NO. The first-order valence-corrected chi connectivity index (χ1v) is 6.82. The summed E-state index contributed by atoms with van der Waals surface area (Å²) in [5, 5.41) is 9.79. The largest absolute Gasteiger partial charge is 0.507 e. The SMILES string of the molecule is Oc1cc(F)cc(F)c1-c1cccc(Cc2ccccc2)n1. The van der Waals surface area contributed by atoms with Gasteiger partial charge in [0.25, 0.3) is 0 Å². The summed E-state index contributed by atoms with van der Waals surface area (Å²) in [5.74, 6) is -2.11. The van der Waals surface area contributed by atoms with Crippen molar-refractivity contribution in [1.82, 2.24) is 4.98 Å². The fourth-order valence-electron chi connectivity index (χ4n) is 2.34. The number of halogens is 2. The molecule has 2 nitrogen and oxygen atoms in total. The normalized spacial score (nSPS) is 10.6. The van der Waals surface area contributed by atoms with Gasteiger partial charge in [0.05, 0.1) is 11.3 Å². The van der Waals surface area contributed by atoms with Gasteiger partial charge in [0.2, 0.25) is 0 Å². The summed E-state index contributed by atoms with van der Waals surface area (Å²) in [6.45, 7) is 0. The Kier molecular flexibility index (Phi) is 3.83. The molecule has 3 rings (SSSR count). The van der Waals surface area contributed by atoms with Crippen molar-refractivity contribution < 1.29 is 13.9 Å². The predicted molar refractivity (Wildman–Crippen MR) is 80.5 cm³/mol. The molecule has 110 valence electrons. The lowest BCUT2D eigenvalue weighted by Crippen LogP contribution is -1.96. The summed E-state index contributed by atoms with van der Waals surface area (Å²) in [6, 6.07) is 16.5. The summed E-state index contributed by atoms with van der Waals surface area (Å²) in [7, 11) is 0. The van der Waals surface area contributed by atoms with Crippen molar-refractivity contribution in [3.63, 3.8) is 0 Å². The van der Waals surface area contributed by atoms with Crippen LogP contribution in [0.5, 0.6) is 5.75 Å². The van der Waals surface area contributed by atoms with Crippen molar-refractivity contribution in [3.8, 4) is 17.0 Å². The molecule has 22 heavy (non-hydrogen) atoms. The zero-order chi connectivity index (χ0) is 15.5. The standard InChI is InChI=1S/C18H13F2NO/c19-13-10-15(20)18(17(22)11-13)16-8-4-7-14(21-16)9-12-5-2-1-3-6-12/h1-8,10-11,22H,9H2. The Morgan fingerprint density at radius 3 is 2.41 bits per heavy atom. The first-order valence-electron chi connectivity index (χ1n) is 6.82. The van der Waals surface area contributed by atoms with Gasteiger partial charge in [-0.05, 0) is 17.7 Å². The number of rotatable bonds is 3. The number of hydrogen-bond acceptors (Lipinski definition) is 2. The molecular weight excluding hydrogens is 284 g/mol. The molecule has 0 fully saturated rings. The second-order valence-corrected chi connectivity index (χ2v) is 4.96. The van der Waals surface area contributed by atoms with E-state index in [1.165, 1.54) is 0 Å². The quantitative estimate of drug-likeness (QED) is 0.781. The Hall–Kier alpha value is -2.75. The van der Waals surface area contributed by atoms with Crippen LogP contribution < -0.4 is 0 Å². The Labute approximate surface area is 126 Å². The van der Waals surface area contributed by atoms with Crippen LogP contribution in [-0.2, 0) is 6.42 Å². The summed E-state index contributed by atoms with van der Waals surface area (Å²) < 4.78 is 27.0. The molecule has 2 aromatic carbocycles. The first-order chi connectivity index (χ1) is 10.6. The van der Waals surface area contributed by atoms with Crippen LogP contribution in [0.3, 0.4) is 0 Å². The molecule has 1 N–H and O–H groups in total. The molecule has 0 saturated carbocycles. The van der Waals surface area contributed by atoms with Crippen LogP contribution in [0.25, 0.3) is 11.3 Å². The lowest BCUT2D eigenvalue weighted by molar-refractivity contribution is 0.463. The van der Waals surface area contributed by atoms with Crippen LogP contribution in [0.1, 0.15) is 11.3 Å². The van der Waals surface area contributed by atoms with Crippen LogP contribution in [0.4, 0.5) is 8.78 Å². The molecule has 0 aliphatic carbocycles. The van der Waals surface area contributed by atoms with Crippen molar-refractivity contribution in [1.29, 1.82) is 0 Å².